The van der Waals surface area contributed by atoms with E-state index in [1.165, 1.54) is 0 Å². The number of aromatic nitrogens is 1. The fourth-order valence-electron chi connectivity index (χ4n) is 1.27. The summed E-state index contributed by atoms with van der Waals surface area (Å²) in [6, 6.07) is 1.76. The zero-order chi connectivity index (χ0) is 11.3. The molecule has 0 unspecified atom stereocenters. The smallest absolute Gasteiger partial charge is 0.237 e. The first-order chi connectivity index (χ1) is 7.16. The molecular weight excluding hydrogens is 194 g/mol. The molecule has 0 aromatic carbocycles. The summed E-state index contributed by atoms with van der Waals surface area (Å²) in [6.07, 6.45) is 2.44. The number of pyridine rings is 1. The van der Waals surface area contributed by atoms with Crippen molar-refractivity contribution >= 4 is 0 Å². The Hall–Kier alpha value is -1.29. The maximum Gasteiger partial charge on any atom is 0.237 e. The molecule has 0 saturated heterocycles. The summed E-state index contributed by atoms with van der Waals surface area (Å²) in [5.74, 6) is 0.814. The van der Waals surface area contributed by atoms with Crippen LogP contribution in [0.2, 0.25) is 0 Å². The van der Waals surface area contributed by atoms with Gasteiger partial charge in [0.05, 0.1) is 12.2 Å². The molecule has 1 aromatic heterocycles. The van der Waals surface area contributed by atoms with E-state index >= 15 is 0 Å². The van der Waals surface area contributed by atoms with Crippen molar-refractivity contribution in [1.82, 2.24) is 0 Å². The number of rotatable bonds is 5. The van der Waals surface area contributed by atoms with Gasteiger partial charge in [-0.25, -0.2) is 0 Å². The highest BCUT2D eigenvalue weighted by Gasteiger charge is 2.12. The number of hydrogen-bond donors (Lipinski definition) is 1. The highest BCUT2D eigenvalue weighted by atomic mass is 16.5. The zero-order valence-corrected chi connectivity index (χ0v) is 9.49. The van der Waals surface area contributed by atoms with Crippen LogP contribution in [0.1, 0.15) is 17.7 Å². The molecule has 4 heteroatoms. The lowest BCUT2D eigenvalue weighted by atomic mass is 10.2. The van der Waals surface area contributed by atoms with Crippen LogP contribution in [0.4, 0.5) is 0 Å². The van der Waals surface area contributed by atoms with Crippen molar-refractivity contribution in [3.8, 4) is 5.75 Å². The van der Waals surface area contributed by atoms with E-state index < -0.39 is 0 Å². The van der Waals surface area contributed by atoms with Gasteiger partial charge < -0.3 is 9.47 Å². The Morgan fingerprint density at radius 1 is 1.33 bits per heavy atom. The summed E-state index contributed by atoms with van der Waals surface area (Å²) in [6.45, 7) is 5.10. The summed E-state index contributed by atoms with van der Waals surface area (Å²) in [5.41, 5.74) is 1.75. The molecule has 84 valence electrons. The molecule has 0 aliphatic rings. The maximum absolute atomic E-state index is 9.38. The molecule has 1 rings (SSSR count). The van der Waals surface area contributed by atoms with Crippen LogP contribution in [0.5, 0.6) is 5.75 Å². The van der Waals surface area contributed by atoms with Gasteiger partial charge in [0.25, 0.3) is 0 Å². The van der Waals surface area contributed by atoms with E-state index in [4.69, 9.17) is 9.47 Å². The molecular formula is C11H18NO3+. The third-order valence-corrected chi connectivity index (χ3v) is 2.37. The lowest BCUT2D eigenvalue weighted by Crippen LogP contribution is -2.33. The Labute approximate surface area is 90.0 Å². The second kappa shape index (κ2) is 5.56. The van der Waals surface area contributed by atoms with Gasteiger partial charge in [0.15, 0.2) is 0 Å². The molecule has 4 nitrogen and oxygen atoms in total. The molecule has 1 N–H and O–H groups in total. The van der Waals surface area contributed by atoms with Gasteiger partial charge >= 0.3 is 0 Å². The van der Waals surface area contributed by atoms with E-state index in [-0.39, 0.29) is 0 Å². The first kappa shape index (κ1) is 11.8. The fourth-order valence-corrected chi connectivity index (χ4v) is 1.27. The standard InChI is InChI=1S/C11H18NO3/c1-9-10(2)12(13)6-5-11(9)15-8-4-7-14-3/h5-6,13H,4,7-8H2,1-3H3/q+1. The molecule has 0 aliphatic heterocycles. The van der Waals surface area contributed by atoms with Crippen LogP contribution in [0, 0.1) is 13.8 Å². The van der Waals surface area contributed by atoms with Crippen molar-refractivity contribution in [3.05, 3.63) is 23.5 Å². The van der Waals surface area contributed by atoms with Crippen molar-refractivity contribution in [2.45, 2.75) is 20.3 Å². The molecule has 0 atom stereocenters. The Balaban J connectivity index is 2.58. The average Bonchev–Trinajstić information content (AvgIpc) is 2.24. The average molecular weight is 212 g/mol. The van der Waals surface area contributed by atoms with E-state index in [2.05, 4.69) is 0 Å². The monoisotopic (exact) mass is 212 g/mol. The largest absolute Gasteiger partial charge is 0.493 e. The van der Waals surface area contributed by atoms with Gasteiger partial charge in [-0.15, -0.1) is 0 Å². The fraction of sp³-hybridized carbons (Fsp3) is 0.545. The van der Waals surface area contributed by atoms with Crippen LogP contribution in [0.25, 0.3) is 0 Å². The first-order valence-corrected chi connectivity index (χ1v) is 4.99. The van der Waals surface area contributed by atoms with Crippen LogP contribution in [0.15, 0.2) is 12.3 Å². The molecule has 0 aliphatic carbocycles. The Kier molecular flexibility index (Phi) is 4.37. The van der Waals surface area contributed by atoms with Gasteiger partial charge in [0.2, 0.25) is 11.9 Å². The predicted octanol–water partition coefficient (Wildman–Crippen LogP) is 1.24. The van der Waals surface area contributed by atoms with Gasteiger partial charge in [0, 0.05) is 37.9 Å². The number of nitrogens with zero attached hydrogens (tertiary/aromatic N) is 1. The van der Waals surface area contributed by atoms with Gasteiger partial charge in [0.1, 0.15) is 5.75 Å². The minimum Gasteiger partial charge on any atom is -0.493 e. The Morgan fingerprint density at radius 3 is 2.73 bits per heavy atom. The summed E-state index contributed by atoms with van der Waals surface area (Å²) >= 11 is 0. The van der Waals surface area contributed by atoms with Crippen molar-refractivity contribution < 1.29 is 19.4 Å². The topological polar surface area (TPSA) is 42.6 Å². The molecule has 1 heterocycles. The van der Waals surface area contributed by atoms with Crippen molar-refractivity contribution in [3.63, 3.8) is 0 Å². The van der Waals surface area contributed by atoms with Crippen LogP contribution in [0.3, 0.4) is 0 Å². The van der Waals surface area contributed by atoms with E-state index in [0.29, 0.717) is 13.2 Å². The second-order valence-electron chi connectivity index (χ2n) is 3.43. The molecule has 0 radical (unpaired) electrons. The summed E-state index contributed by atoms with van der Waals surface area (Å²) < 4.78 is 11.6. The maximum atomic E-state index is 9.38. The second-order valence-corrected chi connectivity index (χ2v) is 3.43. The number of methoxy groups -OCH3 is 1. The minimum atomic E-state index is 0.629. The van der Waals surface area contributed by atoms with Crippen LogP contribution >= 0.6 is 0 Å². The zero-order valence-electron chi connectivity index (χ0n) is 9.49. The van der Waals surface area contributed by atoms with E-state index in [9.17, 15) is 5.21 Å². The third kappa shape index (κ3) is 3.09. The molecule has 0 amide bonds. The highest BCUT2D eigenvalue weighted by Crippen LogP contribution is 2.17. The molecule has 0 bridgehead atoms. The van der Waals surface area contributed by atoms with Crippen LogP contribution in [-0.4, -0.2) is 25.5 Å². The lowest BCUT2D eigenvalue weighted by molar-refractivity contribution is -0.909. The van der Waals surface area contributed by atoms with Crippen LogP contribution < -0.4 is 9.47 Å². The summed E-state index contributed by atoms with van der Waals surface area (Å²) in [4.78, 5) is 0. The SMILES string of the molecule is COCCCOc1cc[n+](O)c(C)c1C. The molecule has 1 aromatic rings. The Morgan fingerprint density at radius 2 is 2.07 bits per heavy atom. The number of ether oxygens (including phenoxy) is 2. The van der Waals surface area contributed by atoms with E-state index in [1.807, 2.05) is 13.8 Å². The minimum absolute atomic E-state index is 0.629. The van der Waals surface area contributed by atoms with Crippen molar-refractivity contribution in [1.29, 1.82) is 0 Å². The Bertz CT molecular complexity index is 326. The normalized spacial score (nSPS) is 10.3. The third-order valence-electron chi connectivity index (χ3n) is 2.37. The van der Waals surface area contributed by atoms with Gasteiger partial charge in [-0.05, 0) is 6.92 Å². The number of hydrogen-bond acceptors (Lipinski definition) is 3. The summed E-state index contributed by atoms with van der Waals surface area (Å²) in [7, 11) is 1.67. The quantitative estimate of drug-likeness (QED) is 0.453. The molecule has 0 fully saturated rings. The van der Waals surface area contributed by atoms with E-state index in [1.54, 1.807) is 19.4 Å². The van der Waals surface area contributed by atoms with Gasteiger partial charge in [-0.3, -0.25) is 5.21 Å². The van der Waals surface area contributed by atoms with E-state index in [0.717, 1.165) is 28.2 Å². The van der Waals surface area contributed by atoms with Crippen molar-refractivity contribution in [2.75, 3.05) is 20.3 Å². The lowest BCUT2D eigenvalue weighted by Gasteiger charge is -2.07. The van der Waals surface area contributed by atoms with Crippen molar-refractivity contribution in [2.24, 2.45) is 0 Å². The molecule has 0 spiro atoms. The van der Waals surface area contributed by atoms with Gasteiger partial charge in [-0.1, -0.05) is 0 Å². The highest BCUT2D eigenvalue weighted by molar-refractivity contribution is 5.31. The first-order valence-electron chi connectivity index (χ1n) is 4.99. The predicted molar refractivity (Wildman–Crippen MR) is 55.3 cm³/mol. The summed E-state index contributed by atoms with van der Waals surface area (Å²) in [5, 5.41) is 9.38. The van der Waals surface area contributed by atoms with Gasteiger partial charge in [-0.2, -0.15) is 0 Å². The molecule has 15 heavy (non-hydrogen) atoms. The molecule has 0 saturated carbocycles. The van der Waals surface area contributed by atoms with Crippen LogP contribution in [-0.2, 0) is 4.74 Å².